The molecule has 0 aliphatic heterocycles. The molecule has 4 aromatic rings. The van der Waals surface area contributed by atoms with Gasteiger partial charge in [0, 0.05) is 18.5 Å². The van der Waals surface area contributed by atoms with E-state index in [4.69, 9.17) is 19.2 Å². The predicted molar refractivity (Wildman–Crippen MR) is 112 cm³/mol. The number of hydrogen-bond donors (Lipinski definition) is 0. The quantitative estimate of drug-likeness (QED) is 0.502. The minimum absolute atomic E-state index is 0.607. The van der Waals surface area contributed by atoms with Crippen LogP contribution in [0.3, 0.4) is 0 Å². The summed E-state index contributed by atoms with van der Waals surface area (Å²) >= 11 is 0. The van der Waals surface area contributed by atoms with Crippen LogP contribution in [0.1, 0.15) is 0 Å². The Morgan fingerprint density at radius 2 is 1.48 bits per heavy atom. The highest BCUT2D eigenvalue weighted by molar-refractivity contribution is 5.82. The molecule has 29 heavy (non-hydrogen) atoms. The van der Waals surface area contributed by atoms with Crippen molar-refractivity contribution in [3.8, 4) is 23.0 Å². The monoisotopic (exact) mass is 387 g/mol. The second-order valence-corrected chi connectivity index (χ2v) is 6.42. The van der Waals surface area contributed by atoms with Crippen LogP contribution >= 0.6 is 0 Å². The smallest absolute Gasteiger partial charge is 0.163 e. The zero-order valence-corrected chi connectivity index (χ0v) is 16.5. The SMILES string of the molecule is COc1cc2/c(=N/c3ccc(Oc4ccccc4)cc3)ncn(C)c2cc1OC. The fourth-order valence-corrected chi connectivity index (χ4v) is 3.04. The van der Waals surface area contributed by atoms with Gasteiger partial charge in [-0.2, -0.15) is 0 Å². The summed E-state index contributed by atoms with van der Waals surface area (Å²) in [6.07, 6.45) is 1.74. The van der Waals surface area contributed by atoms with Crippen LogP contribution in [0, 0.1) is 0 Å². The Bertz CT molecular complexity index is 1200. The first kappa shape index (κ1) is 18.6. The van der Waals surface area contributed by atoms with Crippen molar-refractivity contribution >= 4 is 16.6 Å². The summed E-state index contributed by atoms with van der Waals surface area (Å²) in [4.78, 5) is 9.20. The molecule has 0 aliphatic rings. The first-order valence-electron chi connectivity index (χ1n) is 9.13. The Kier molecular flexibility index (Phi) is 5.16. The van der Waals surface area contributed by atoms with E-state index in [1.807, 2.05) is 78.3 Å². The molecule has 0 bridgehead atoms. The van der Waals surface area contributed by atoms with E-state index in [2.05, 4.69) is 4.98 Å². The van der Waals surface area contributed by atoms with Crippen molar-refractivity contribution in [1.82, 2.24) is 9.55 Å². The highest BCUT2D eigenvalue weighted by Crippen LogP contribution is 2.30. The van der Waals surface area contributed by atoms with E-state index in [1.165, 1.54) is 0 Å². The van der Waals surface area contributed by atoms with Gasteiger partial charge in [-0.3, -0.25) is 0 Å². The topological polar surface area (TPSA) is 57.9 Å². The van der Waals surface area contributed by atoms with Crippen LogP contribution in [0.5, 0.6) is 23.0 Å². The number of para-hydroxylation sites is 1. The van der Waals surface area contributed by atoms with Gasteiger partial charge in [-0.1, -0.05) is 18.2 Å². The third kappa shape index (κ3) is 3.91. The molecule has 4 rings (SSSR count). The van der Waals surface area contributed by atoms with Gasteiger partial charge in [0.2, 0.25) is 0 Å². The van der Waals surface area contributed by atoms with Gasteiger partial charge in [-0.15, -0.1) is 0 Å². The fraction of sp³-hybridized carbons (Fsp3) is 0.130. The molecule has 6 nitrogen and oxygen atoms in total. The summed E-state index contributed by atoms with van der Waals surface area (Å²) < 4.78 is 18.6. The molecule has 146 valence electrons. The normalized spacial score (nSPS) is 11.5. The number of aryl methyl sites for hydroxylation is 1. The van der Waals surface area contributed by atoms with Gasteiger partial charge in [0.15, 0.2) is 17.0 Å². The van der Waals surface area contributed by atoms with Gasteiger partial charge in [-0.05, 0) is 42.5 Å². The molecule has 0 saturated heterocycles. The standard InChI is InChI=1S/C23H21N3O3/c1-26-15-24-23(19-13-21(27-2)22(28-3)14-20(19)26)25-16-9-11-18(12-10-16)29-17-7-5-4-6-8-17/h4-15H,1-3H3/b25-23-. The molecule has 6 heteroatoms. The first-order chi connectivity index (χ1) is 14.2. The number of methoxy groups -OCH3 is 2. The van der Waals surface area contributed by atoms with E-state index >= 15 is 0 Å². The number of ether oxygens (including phenoxy) is 3. The summed E-state index contributed by atoms with van der Waals surface area (Å²) in [5.41, 5.74) is 2.33. The second-order valence-electron chi connectivity index (χ2n) is 6.42. The van der Waals surface area contributed by atoms with Crippen molar-refractivity contribution in [3.63, 3.8) is 0 Å². The molecule has 0 amide bonds. The van der Waals surface area contributed by atoms with Gasteiger partial charge in [0.1, 0.15) is 11.5 Å². The largest absolute Gasteiger partial charge is 0.493 e. The van der Waals surface area contributed by atoms with Gasteiger partial charge in [-0.25, -0.2) is 9.98 Å². The number of hydrogen-bond acceptors (Lipinski definition) is 5. The van der Waals surface area contributed by atoms with Crippen LogP contribution < -0.4 is 19.7 Å². The van der Waals surface area contributed by atoms with Crippen LogP contribution in [0.4, 0.5) is 5.69 Å². The molecule has 3 aromatic carbocycles. The predicted octanol–water partition coefficient (Wildman–Crippen LogP) is 4.62. The molecule has 0 aliphatic carbocycles. The van der Waals surface area contributed by atoms with Crippen LogP contribution in [-0.4, -0.2) is 23.8 Å². The Morgan fingerprint density at radius 3 is 2.17 bits per heavy atom. The summed E-state index contributed by atoms with van der Waals surface area (Å²) in [5, 5.41) is 0.872. The lowest BCUT2D eigenvalue weighted by molar-refractivity contribution is 0.355. The lowest BCUT2D eigenvalue weighted by Gasteiger charge is -2.11. The number of fused-ring (bicyclic) bond motifs is 1. The molecule has 1 aromatic heterocycles. The maximum atomic E-state index is 5.83. The average Bonchev–Trinajstić information content (AvgIpc) is 2.77. The molecule has 0 atom stereocenters. The summed E-state index contributed by atoms with van der Waals surface area (Å²) in [5.74, 6) is 2.84. The summed E-state index contributed by atoms with van der Waals surface area (Å²) in [6, 6.07) is 21.1. The molecular weight excluding hydrogens is 366 g/mol. The summed E-state index contributed by atoms with van der Waals surface area (Å²) in [7, 11) is 5.16. The Balaban J connectivity index is 1.73. The van der Waals surface area contributed by atoms with E-state index in [-0.39, 0.29) is 0 Å². The van der Waals surface area contributed by atoms with Gasteiger partial charge >= 0.3 is 0 Å². The first-order valence-corrected chi connectivity index (χ1v) is 9.13. The minimum atomic E-state index is 0.607. The third-order valence-corrected chi connectivity index (χ3v) is 4.53. The molecule has 0 spiro atoms. The highest BCUT2D eigenvalue weighted by atomic mass is 16.5. The number of aromatic nitrogens is 2. The molecular formula is C23H21N3O3. The molecule has 0 fully saturated rings. The van der Waals surface area contributed by atoms with E-state index in [9.17, 15) is 0 Å². The van der Waals surface area contributed by atoms with E-state index in [0.717, 1.165) is 28.1 Å². The summed E-state index contributed by atoms with van der Waals surface area (Å²) in [6.45, 7) is 0. The van der Waals surface area contributed by atoms with Crippen LogP contribution in [-0.2, 0) is 7.05 Å². The van der Waals surface area contributed by atoms with Crippen molar-refractivity contribution in [2.24, 2.45) is 12.0 Å². The van der Waals surface area contributed by atoms with Crippen LogP contribution in [0.2, 0.25) is 0 Å². The molecule has 0 N–H and O–H groups in total. The minimum Gasteiger partial charge on any atom is -0.493 e. The van der Waals surface area contributed by atoms with E-state index in [1.54, 1.807) is 20.5 Å². The molecule has 0 saturated carbocycles. The van der Waals surface area contributed by atoms with Crippen molar-refractivity contribution in [2.75, 3.05) is 14.2 Å². The van der Waals surface area contributed by atoms with Crippen molar-refractivity contribution in [1.29, 1.82) is 0 Å². The Labute approximate surface area is 168 Å². The van der Waals surface area contributed by atoms with Gasteiger partial charge in [0.25, 0.3) is 0 Å². The zero-order chi connectivity index (χ0) is 20.2. The van der Waals surface area contributed by atoms with Crippen LogP contribution in [0.15, 0.2) is 78.0 Å². The Hall–Kier alpha value is -3.80. The lowest BCUT2D eigenvalue weighted by Crippen LogP contribution is -2.12. The number of nitrogens with zero attached hydrogens (tertiary/aromatic N) is 3. The average molecular weight is 387 g/mol. The van der Waals surface area contributed by atoms with E-state index in [0.29, 0.717) is 17.0 Å². The fourth-order valence-electron chi connectivity index (χ4n) is 3.04. The highest BCUT2D eigenvalue weighted by Gasteiger charge is 2.09. The third-order valence-electron chi connectivity index (χ3n) is 4.53. The lowest BCUT2D eigenvalue weighted by atomic mass is 10.2. The number of rotatable bonds is 5. The molecule has 0 unspecified atom stereocenters. The van der Waals surface area contributed by atoms with Crippen molar-refractivity contribution < 1.29 is 14.2 Å². The van der Waals surface area contributed by atoms with E-state index < -0.39 is 0 Å². The van der Waals surface area contributed by atoms with Crippen molar-refractivity contribution in [3.05, 3.63) is 78.5 Å². The van der Waals surface area contributed by atoms with Gasteiger partial charge < -0.3 is 18.8 Å². The maximum Gasteiger partial charge on any atom is 0.163 e. The van der Waals surface area contributed by atoms with Crippen molar-refractivity contribution in [2.45, 2.75) is 0 Å². The Morgan fingerprint density at radius 1 is 0.828 bits per heavy atom. The van der Waals surface area contributed by atoms with Gasteiger partial charge in [0.05, 0.1) is 31.8 Å². The maximum absolute atomic E-state index is 5.83. The number of benzene rings is 3. The second kappa shape index (κ2) is 8.06. The molecule has 0 radical (unpaired) electrons. The van der Waals surface area contributed by atoms with Crippen LogP contribution in [0.25, 0.3) is 10.9 Å². The molecule has 1 heterocycles. The zero-order valence-electron chi connectivity index (χ0n) is 16.5.